The Morgan fingerprint density at radius 1 is 1.29 bits per heavy atom. The lowest BCUT2D eigenvalue weighted by Crippen LogP contribution is -2.42. The maximum Gasteiger partial charge on any atom is 0.331 e. The SMILES string of the molecule is CC(=O)Cn1c(=O)c(C)cn(CC(=O)O)c1=O. The lowest BCUT2D eigenvalue weighted by molar-refractivity contribution is -0.137. The van der Waals surface area contributed by atoms with Crippen molar-refractivity contribution in [2.24, 2.45) is 0 Å². The first-order chi connectivity index (χ1) is 7.82. The summed E-state index contributed by atoms with van der Waals surface area (Å²) in [5.41, 5.74) is -1.16. The number of aliphatic carboxylic acids is 1. The van der Waals surface area contributed by atoms with Crippen LogP contribution in [0.5, 0.6) is 0 Å². The summed E-state index contributed by atoms with van der Waals surface area (Å²) in [7, 11) is 0. The van der Waals surface area contributed by atoms with Crippen LogP contribution >= 0.6 is 0 Å². The molecule has 1 aromatic heterocycles. The third-order valence-corrected chi connectivity index (χ3v) is 2.09. The van der Waals surface area contributed by atoms with Gasteiger partial charge in [-0.2, -0.15) is 0 Å². The smallest absolute Gasteiger partial charge is 0.331 e. The number of carboxylic acids is 1. The van der Waals surface area contributed by atoms with Crippen LogP contribution in [0.2, 0.25) is 0 Å². The molecule has 0 fully saturated rings. The Labute approximate surface area is 95.9 Å². The maximum atomic E-state index is 11.7. The van der Waals surface area contributed by atoms with Crippen molar-refractivity contribution < 1.29 is 14.7 Å². The van der Waals surface area contributed by atoms with Crippen molar-refractivity contribution >= 4 is 11.8 Å². The topological polar surface area (TPSA) is 98.4 Å². The van der Waals surface area contributed by atoms with Crippen LogP contribution < -0.4 is 11.2 Å². The highest BCUT2D eigenvalue weighted by Gasteiger charge is 2.11. The number of rotatable bonds is 4. The van der Waals surface area contributed by atoms with E-state index in [2.05, 4.69) is 0 Å². The third kappa shape index (κ3) is 2.90. The van der Waals surface area contributed by atoms with E-state index in [1.165, 1.54) is 20.0 Å². The molecule has 1 rings (SSSR count). The first-order valence-electron chi connectivity index (χ1n) is 4.85. The van der Waals surface area contributed by atoms with Gasteiger partial charge in [0.05, 0.1) is 6.54 Å². The number of carboxylic acid groups (broad SMARTS) is 1. The summed E-state index contributed by atoms with van der Waals surface area (Å²) in [6.45, 7) is 1.81. The fraction of sp³-hybridized carbons (Fsp3) is 0.400. The van der Waals surface area contributed by atoms with Gasteiger partial charge >= 0.3 is 11.7 Å². The first kappa shape index (κ1) is 12.9. The molecule has 0 aliphatic rings. The molecule has 0 saturated heterocycles. The molecule has 0 bridgehead atoms. The average molecular weight is 240 g/mol. The highest BCUT2D eigenvalue weighted by Crippen LogP contribution is 1.88. The number of hydrogen-bond donors (Lipinski definition) is 1. The van der Waals surface area contributed by atoms with E-state index in [0.29, 0.717) is 0 Å². The molecule has 17 heavy (non-hydrogen) atoms. The van der Waals surface area contributed by atoms with Gasteiger partial charge in [0.2, 0.25) is 0 Å². The van der Waals surface area contributed by atoms with Gasteiger partial charge in [-0.3, -0.25) is 23.5 Å². The van der Waals surface area contributed by atoms with Crippen molar-refractivity contribution in [1.82, 2.24) is 9.13 Å². The quantitative estimate of drug-likeness (QED) is 0.727. The fourth-order valence-corrected chi connectivity index (χ4v) is 1.42. The molecule has 1 N–H and O–H groups in total. The van der Waals surface area contributed by atoms with Gasteiger partial charge in [0.15, 0.2) is 0 Å². The summed E-state index contributed by atoms with van der Waals surface area (Å²) in [4.78, 5) is 44.8. The van der Waals surface area contributed by atoms with Gasteiger partial charge in [0.1, 0.15) is 12.3 Å². The second-order valence-corrected chi connectivity index (χ2v) is 3.71. The molecule has 0 unspecified atom stereocenters. The molecule has 7 heteroatoms. The zero-order valence-corrected chi connectivity index (χ0v) is 9.47. The van der Waals surface area contributed by atoms with Gasteiger partial charge in [-0.25, -0.2) is 4.79 Å². The van der Waals surface area contributed by atoms with E-state index in [1.807, 2.05) is 0 Å². The molecule has 0 aliphatic carbocycles. The summed E-state index contributed by atoms with van der Waals surface area (Å²) < 4.78 is 1.63. The molecule has 92 valence electrons. The van der Waals surface area contributed by atoms with Gasteiger partial charge < -0.3 is 5.11 Å². The second-order valence-electron chi connectivity index (χ2n) is 3.71. The molecule has 0 aliphatic heterocycles. The van der Waals surface area contributed by atoms with E-state index in [4.69, 9.17) is 5.11 Å². The van der Waals surface area contributed by atoms with Crippen molar-refractivity contribution in [3.8, 4) is 0 Å². The molecule has 0 radical (unpaired) electrons. The van der Waals surface area contributed by atoms with E-state index in [0.717, 1.165) is 9.13 Å². The Morgan fingerprint density at radius 3 is 2.35 bits per heavy atom. The van der Waals surface area contributed by atoms with E-state index < -0.39 is 23.8 Å². The number of nitrogens with zero attached hydrogens (tertiary/aromatic N) is 2. The van der Waals surface area contributed by atoms with Crippen LogP contribution in [0.3, 0.4) is 0 Å². The lowest BCUT2D eigenvalue weighted by Gasteiger charge is -2.08. The summed E-state index contributed by atoms with van der Waals surface area (Å²) in [5.74, 6) is -1.55. The van der Waals surface area contributed by atoms with Crippen molar-refractivity contribution in [2.45, 2.75) is 26.9 Å². The van der Waals surface area contributed by atoms with Crippen LogP contribution in [-0.4, -0.2) is 26.0 Å². The highest BCUT2D eigenvalue weighted by molar-refractivity contribution is 5.75. The predicted octanol–water partition coefficient (Wildman–Crippen LogP) is -1.01. The van der Waals surface area contributed by atoms with Crippen LogP contribution in [0.25, 0.3) is 0 Å². The van der Waals surface area contributed by atoms with Gasteiger partial charge in [-0.1, -0.05) is 0 Å². The third-order valence-electron chi connectivity index (χ3n) is 2.09. The number of aromatic nitrogens is 2. The normalized spacial score (nSPS) is 10.2. The number of Topliss-reactive ketones (excluding diaryl/α,β-unsaturated/α-hetero) is 1. The van der Waals surface area contributed by atoms with Crippen LogP contribution in [0.15, 0.2) is 15.8 Å². The van der Waals surface area contributed by atoms with Gasteiger partial charge in [-0.05, 0) is 13.8 Å². The zero-order chi connectivity index (χ0) is 13.2. The van der Waals surface area contributed by atoms with Crippen LogP contribution in [0, 0.1) is 6.92 Å². The van der Waals surface area contributed by atoms with Crippen molar-refractivity contribution in [3.05, 3.63) is 32.6 Å². The molecule has 1 heterocycles. The summed E-state index contributed by atoms with van der Waals surface area (Å²) >= 11 is 0. The Hall–Kier alpha value is -2.18. The van der Waals surface area contributed by atoms with E-state index in [1.54, 1.807) is 0 Å². The minimum Gasteiger partial charge on any atom is -0.480 e. The van der Waals surface area contributed by atoms with Gasteiger partial charge in [0, 0.05) is 11.8 Å². The second kappa shape index (κ2) is 4.77. The Morgan fingerprint density at radius 2 is 1.88 bits per heavy atom. The highest BCUT2D eigenvalue weighted by atomic mass is 16.4. The Balaban J connectivity index is 3.43. The Kier molecular flexibility index (Phi) is 3.62. The van der Waals surface area contributed by atoms with Gasteiger partial charge in [-0.15, -0.1) is 0 Å². The predicted molar refractivity (Wildman–Crippen MR) is 58.0 cm³/mol. The molecular weight excluding hydrogens is 228 g/mol. The van der Waals surface area contributed by atoms with Crippen molar-refractivity contribution in [2.75, 3.05) is 0 Å². The molecular formula is C10H12N2O5. The standard InChI is InChI=1S/C10H12N2O5/c1-6-3-11(5-8(14)15)10(17)12(9(6)16)4-7(2)13/h3H,4-5H2,1-2H3,(H,14,15). The fourth-order valence-electron chi connectivity index (χ4n) is 1.42. The first-order valence-corrected chi connectivity index (χ1v) is 4.85. The minimum absolute atomic E-state index is 0.215. The molecule has 0 saturated carbocycles. The van der Waals surface area contributed by atoms with Crippen LogP contribution in [0.1, 0.15) is 12.5 Å². The number of aryl methyl sites for hydroxylation is 1. The monoisotopic (exact) mass is 240 g/mol. The maximum absolute atomic E-state index is 11.7. The minimum atomic E-state index is -1.19. The molecule has 0 aromatic carbocycles. The summed E-state index contributed by atoms with van der Waals surface area (Å²) in [6.07, 6.45) is 1.18. The van der Waals surface area contributed by atoms with Crippen molar-refractivity contribution in [1.29, 1.82) is 0 Å². The number of carbonyl (C=O) groups excluding carboxylic acids is 1. The summed E-state index contributed by atoms with van der Waals surface area (Å²) in [6, 6.07) is 0. The molecule has 0 spiro atoms. The van der Waals surface area contributed by atoms with E-state index in [9.17, 15) is 19.2 Å². The lowest BCUT2D eigenvalue weighted by atomic mass is 10.3. The number of hydrogen-bond acceptors (Lipinski definition) is 4. The zero-order valence-electron chi connectivity index (χ0n) is 9.47. The molecule has 7 nitrogen and oxygen atoms in total. The van der Waals surface area contributed by atoms with E-state index >= 15 is 0 Å². The Bertz CT molecular complexity index is 581. The van der Waals surface area contributed by atoms with Gasteiger partial charge in [0.25, 0.3) is 5.56 Å². The number of carbonyl (C=O) groups is 2. The largest absolute Gasteiger partial charge is 0.480 e. The van der Waals surface area contributed by atoms with Crippen LogP contribution in [0.4, 0.5) is 0 Å². The molecule has 1 aromatic rings. The van der Waals surface area contributed by atoms with E-state index in [-0.39, 0.29) is 17.9 Å². The number of ketones is 1. The molecule has 0 amide bonds. The van der Waals surface area contributed by atoms with Crippen LogP contribution in [-0.2, 0) is 22.7 Å². The average Bonchev–Trinajstić information content (AvgIpc) is 2.20. The molecule has 0 atom stereocenters. The van der Waals surface area contributed by atoms with Crippen molar-refractivity contribution in [3.63, 3.8) is 0 Å². The summed E-state index contributed by atoms with van der Waals surface area (Å²) in [5, 5.41) is 8.61.